The van der Waals surface area contributed by atoms with Crippen molar-refractivity contribution in [3.63, 3.8) is 0 Å². The highest BCUT2D eigenvalue weighted by Gasteiger charge is 2.23. The van der Waals surface area contributed by atoms with Crippen molar-refractivity contribution in [1.29, 1.82) is 0 Å². The van der Waals surface area contributed by atoms with Gasteiger partial charge in [-0.3, -0.25) is 0 Å². The van der Waals surface area contributed by atoms with Crippen molar-refractivity contribution in [2.45, 2.75) is 18.2 Å². The minimum atomic E-state index is -3.70. The molecule has 0 aromatic heterocycles. The maximum atomic E-state index is 13.0. The van der Waals surface area contributed by atoms with E-state index in [9.17, 15) is 12.8 Å². The van der Waals surface area contributed by atoms with Crippen LogP contribution in [0.5, 0.6) is 0 Å². The smallest absolute Gasteiger partial charge is 0.207 e. The summed E-state index contributed by atoms with van der Waals surface area (Å²) in [7, 11) is -3.70. The molecule has 0 fully saturated rings. The van der Waals surface area contributed by atoms with Crippen LogP contribution in [0.1, 0.15) is 13.3 Å². The lowest BCUT2D eigenvalue weighted by molar-refractivity contribution is 0.445. The zero-order valence-corrected chi connectivity index (χ0v) is 10.4. The molecule has 0 bridgehead atoms. The van der Waals surface area contributed by atoms with Gasteiger partial charge in [-0.25, -0.2) is 12.8 Å². The Bertz CT molecular complexity index is 520. The van der Waals surface area contributed by atoms with E-state index in [-0.39, 0.29) is 11.4 Å². The van der Waals surface area contributed by atoms with Gasteiger partial charge in [0.05, 0.1) is 11.4 Å². The first kappa shape index (κ1) is 13.7. The number of hydrogen-bond acceptors (Lipinski definition) is 2. The van der Waals surface area contributed by atoms with Crippen molar-refractivity contribution in [2.75, 3.05) is 13.1 Å². The monoisotopic (exact) mass is 255 g/mol. The minimum absolute atomic E-state index is 0.00726. The number of halogens is 1. The van der Waals surface area contributed by atoms with Gasteiger partial charge in [0.1, 0.15) is 5.82 Å². The second kappa shape index (κ2) is 5.80. The number of hydrogen-bond donors (Lipinski definition) is 0. The fraction of sp³-hybridized carbons (Fsp3) is 0.333. The van der Waals surface area contributed by atoms with Gasteiger partial charge in [-0.15, -0.1) is 6.42 Å². The van der Waals surface area contributed by atoms with Gasteiger partial charge >= 0.3 is 0 Å². The molecule has 0 N–H and O–H groups in total. The lowest BCUT2D eigenvalue weighted by Gasteiger charge is -2.19. The highest BCUT2D eigenvalue weighted by atomic mass is 32.2. The third-order valence-corrected chi connectivity index (χ3v) is 4.02. The maximum absolute atomic E-state index is 13.0. The summed E-state index contributed by atoms with van der Waals surface area (Å²) >= 11 is 0. The summed E-state index contributed by atoms with van der Waals surface area (Å²) in [5, 5.41) is 0. The molecule has 0 unspecified atom stereocenters. The van der Waals surface area contributed by atoms with Gasteiger partial charge in [-0.1, -0.05) is 18.9 Å². The average Bonchev–Trinajstić information content (AvgIpc) is 2.29. The summed E-state index contributed by atoms with van der Waals surface area (Å²) < 4.78 is 38.4. The predicted molar refractivity (Wildman–Crippen MR) is 64.3 cm³/mol. The van der Waals surface area contributed by atoms with Gasteiger partial charge in [0.15, 0.2) is 0 Å². The van der Waals surface area contributed by atoms with Crippen LogP contribution < -0.4 is 0 Å². The molecule has 1 rings (SSSR count). The zero-order valence-electron chi connectivity index (χ0n) is 9.56. The van der Waals surface area contributed by atoms with Crippen molar-refractivity contribution in [3.05, 3.63) is 30.1 Å². The van der Waals surface area contributed by atoms with E-state index in [1.807, 2.05) is 6.92 Å². The molecular weight excluding hydrogens is 241 g/mol. The second-order valence-electron chi connectivity index (χ2n) is 3.50. The third kappa shape index (κ3) is 3.29. The third-order valence-electron chi connectivity index (χ3n) is 2.17. The Balaban J connectivity index is 3.12. The summed E-state index contributed by atoms with van der Waals surface area (Å²) in [5.74, 6) is 1.72. The lowest BCUT2D eigenvalue weighted by Crippen LogP contribution is -2.32. The summed E-state index contributed by atoms with van der Waals surface area (Å²) in [4.78, 5) is -0.0683. The quantitative estimate of drug-likeness (QED) is 0.753. The highest BCUT2D eigenvalue weighted by Crippen LogP contribution is 2.16. The van der Waals surface area contributed by atoms with Crippen LogP contribution in [0, 0.1) is 18.2 Å². The van der Waals surface area contributed by atoms with Crippen LogP contribution >= 0.6 is 0 Å². The molecule has 0 heterocycles. The Hall–Kier alpha value is -1.38. The molecule has 0 aliphatic carbocycles. The molecule has 0 spiro atoms. The standard InChI is InChI=1S/C12H14FNO2S/c1-3-8-14(9-4-2)17(15,16)12-7-5-6-11(13)10-12/h1,5-7,10H,4,8-9H2,2H3. The first-order valence-corrected chi connectivity index (χ1v) is 6.65. The van der Waals surface area contributed by atoms with E-state index in [0.29, 0.717) is 13.0 Å². The molecule has 0 saturated carbocycles. The Morgan fingerprint density at radius 3 is 2.71 bits per heavy atom. The van der Waals surface area contributed by atoms with Crippen LogP contribution in [0.2, 0.25) is 0 Å². The summed E-state index contributed by atoms with van der Waals surface area (Å²) in [5.41, 5.74) is 0. The van der Waals surface area contributed by atoms with Gasteiger partial charge in [0.2, 0.25) is 10.0 Å². The minimum Gasteiger partial charge on any atom is -0.207 e. The van der Waals surface area contributed by atoms with Crippen LogP contribution in [0.25, 0.3) is 0 Å². The van der Waals surface area contributed by atoms with Crippen LogP contribution in [0.3, 0.4) is 0 Å². The average molecular weight is 255 g/mol. The van der Waals surface area contributed by atoms with Crippen LogP contribution in [0.15, 0.2) is 29.2 Å². The van der Waals surface area contributed by atoms with E-state index in [1.165, 1.54) is 22.5 Å². The van der Waals surface area contributed by atoms with Gasteiger partial charge in [-0.2, -0.15) is 4.31 Å². The van der Waals surface area contributed by atoms with Crippen molar-refractivity contribution in [3.8, 4) is 12.3 Å². The van der Waals surface area contributed by atoms with E-state index in [0.717, 1.165) is 6.07 Å². The number of rotatable bonds is 5. The first-order valence-electron chi connectivity index (χ1n) is 5.21. The maximum Gasteiger partial charge on any atom is 0.244 e. The molecule has 0 aliphatic heterocycles. The Labute approximate surface area is 101 Å². The van der Waals surface area contributed by atoms with E-state index in [4.69, 9.17) is 6.42 Å². The Kier molecular flexibility index (Phi) is 4.67. The van der Waals surface area contributed by atoms with E-state index in [1.54, 1.807) is 0 Å². The molecule has 0 saturated heterocycles. The normalized spacial score (nSPS) is 11.4. The van der Waals surface area contributed by atoms with Crippen molar-refractivity contribution in [1.82, 2.24) is 4.31 Å². The van der Waals surface area contributed by atoms with Gasteiger partial charge in [-0.05, 0) is 24.6 Å². The number of terminal acetylenes is 1. The lowest BCUT2D eigenvalue weighted by atomic mass is 10.4. The zero-order chi connectivity index (χ0) is 12.9. The molecule has 0 radical (unpaired) electrons. The van der Waals surface area contributed by atoms with Crippen molar-refractivity contribution < 1.29 is 12.8 Å². The van der Waals surface area contributed by atoms with E-state index >= 15 is 0 Å². The second-order valence-corrected chi connectivity index (χ2v) is 5.44. The van der Waals surface area contributed by atoms with Crippen molar-refractivity contribution in [2.24, 2.45) is 0 Å². The largest absolute Gasteiger partial charge is 0.244 e. The fourth-order valence-corrected chi connectivity index (χ4v) is 2.89. The van der Waals surface area contributed by atoms with E-state index < -0.39 is 15.8 Å². The molecule has 5 heteroatoms. The van der Waals surface area contributed by atoms with Crippen LogP contribution in [0.4, 0.5) is 4.39 Å². The number of benzene rings is 1. The summed E-state index contributed by atoms with van der Waals surface area (Å²) in [6.45, 7) is 2.17. The molecule has 1 aromatic rings. The van der Waals surface area contributed by atoms with E-state index in [2.05, 4.69) is 5.92 Å². The van der Waals surface area contributed by atoms with Crippen molar-refractivity contribution >= 4 is 10.0 Å². The molecule has 0 aliphatic rings. The molecule has 92 valence electrons. The molecule has 0 atom stereocenters. The predicted octanol–water partition coefficient (Wildman–Crippen LogP) is 1.86. The fourth-order valence-electron chi connectivity index (χ4n) is 1.41. The molecule has 1 aromatic carbocycles. The SMILES string of the molecule is C#CCN(CCC)S(=O)(=O)c1cccc(F)c1. The molecule has 0 amide bonds. The number of sulfonamides is 1. The van der Waals surface area contributed by atoms with Gasteiger partial charge < -0.3 is 0 Å². The summed E-state index contributed by atoms with van der Waals surface area (Å²) in [6, 6.07) is 4.92. The molecule has 3 nitrogen and oxygen atoms in total. The van der Waals surface area contributed by atoms with Gasteiger partial charge in [0.25, 0.3) is 0 Å². The van der Waals surface area contributed by atoms with Gasteiger partial charge in [0, 0.05) is 6.54 Å². The Morgan fingerprint density at radius 2 is 2.18 bits per heavy atom. The van der Waals surface area contributed by atoms with Crippen LogP contribution in [-0.2, 0) is 10.0 Å². The molecular formula is C12H14FNO2S. The highest BCUT2D eigenvalue weighted by molar-refractivity contribution is 7.89. The number of nitrogens with zero attached hydrogens (tertiary/aromatic N) is 1. The van der Waals surface area contributed by atoms with Crippen LogP contribution in [-0.4, -0.2) is 25.8 Å². The first-order chi connectivity index (χ1) is 8.02. The Morgan fingerprint density at radius 1 is 1.47 bits per heavy atom. The summed E-state index contributed by atoms with van der Waals surface area (Å²) in [6.07, 6.45) is 5.78. The molecule has 17 heavy (non-hydrogen) atoms. The topological polar surface area (TPSA) is 37.4 Å².